The highest BCUT2D eigenvalue weighted by molar-refractivity contribution is 7.92. The molecule has 0 spiro atoms. The Labute approximate surface area is 157 Å². The number of nitrogens with one attached hydrogen (secondary N) is 1. The number of amides is 1. The molecule has 0 saturated heterocycles. The lowest BCUT2D eigenvalue weighted by Crippen LogP contribution is -2.33. The minimum absolute atomic E-state index is 0.0478. The van der Waals surface area contributed by atoms with Crippen molar-refractivity contribution >= 4 is 38.9 Å². The van der Waals surface area contributed by atoms with E-state index in [2.05, 4.69) is 5.32 Å². The lowest BCUT2D eigenvalue weighted by atomic mass is 10.2. The first-order chi connectivity index (χ1) is 12.3. The molecular weight excluding hydrogens is 376 g/mol. The lowest BCUT2D eigenvalue weighted by molar-refractivity contribution is -0.118. The van der Waals surface area contributed by atoms with E-state index in [-0.39, 0.29) is 18.6 Å². The molecule has 0 heterocycles. The molecule has 8 heteroatoms. The number of benzene rings is 2. The molecule has 1 N–H and O–H groups in total. The van der Waals surface area contributed by atoms with Crippen molar-refractivity contribution in [2.24, 2.45) is 0 Å². The predicted octanol–water partition coefficient (Wildman–Crippen LogP) is 3.29. The minimum atomic E-state index is -3.43. The number of hydrogen-bond donors (Lipinski definition) is 1. The van der Waals surface area contributed by atoms with E-state index in [0.717, 1.165) is 12.8 Å². The van der Waals surface area contributed by atoms with Crippen LogP contribution in [-0.4, -0.2) is 33.2 Å². The van der Waals surface area contributed by atoms with E-state index in [1.165, 1.54) is 10.6 Å². The molecule has 1 fully saturated rings. The van der Waals surface area contributed by atoms with Gasteiger partial charge in [0, 0.05) is 11.1 Å². The van der Waals surface area contributed by atoms with Gasteiger partial charge in [0.1, 0.15) is 5.75 Å². The van der Waals surface area contributed by atoms with Gasteiger partial charge in [-0.15, -0.1) is 0 Å². The normalized spacial score (nSPS) is 13.9. The molecule has 1 aliphatic rings. The van der Waals surface area contributed by atoms with Gasteiger partial charge in [-0.3, -0.25) is 9.10 Å². The van der Waals surface area contributed by atoms with E-state index < -0.39 is 10.0 Å². The fourth-order valence-corrected chi connectivity index (χ4v) is 3.99. The molecule has 2 aromatic rings. The Balaban J connectivity index is 1.71. The molecular formula is C18H19ClN2O4S. The summed E-state index contributed by atoms with van der Waals surface area (Å²) >= 11 is 5.81. The van der Waals surface area contributed by atoms with Gasteiger partial charge < -0.3 is 10.1 Å². The topological polar surface area (TPSA) is 75.7 Å². The summed E-state index contributed by atoms with van der Waals surface area (Å²) in [6.07, 6.45) is 2.80. The summed E-state index contributed by atoms with van der Waals surface area (Å²) in [5, 5.41) is 3.31. The maximum atomic E-state index is 12.2. The Bertz CT molecular complexity index is 896. The monoisotopic (exact) mass is 394 g/mol. The third-order valence-electron chi connectivity index (χ3n) is 3.83. The largest absolute Gasteiger partial charge is 0.484 e. The second-order valence-corrected chi connectivity index (χ2v) is 8.39. The van der Waals surface area contributed by atoms with Crippen LogP contribution in [0.3, 0.4) is 0 Å². The Morgan fingerprint density at radius 2 is 1.85 bits per heavy atom. The Morgan fingerprint density at radius 1 is 1.19 bits per heavy atom. The van der Waals surface area contributed by atoms with Crippen LogP contribution in [0.1, 0.15) is 12.8 Å². The first kappa shape index (κ1) is 18.5. The van der Waals surface area contributed by atoms with Crippen molar-refractivity contribution in [3.63, 3.8) is 0 Å². The first-order valence-corrected chi connectivity index (χ1v) is 10.3. The van der Waals surface area contributed by atoms with Gasteiger partial charge in [0.25, 0.3) is 5.91 Å². The number of ether oxygens (including phenoxy) is 1. The smallest absolute Gasteiger partial charge is 0.262 e. The highest BCUT2D eigenvalue weighted by Gasteiger charge is 2.36. The van der Waals surface area contributed by atoms with E-state index in [1.54, 1.807) is 48.5 Å². The van der Waals surface area contributed by atoms with E-state index >= 15 is 0 Å². The summed E-state index contributed by atoms with van der Waals surface area (Å²) in [6, 6.07) is 13.5. The number of anilines is 2. The number of hydrogen-bond acceptors (Lipinski definition) is 4. The Kier molecular flexibility index (Phi) is 5.38. The van der Waals surface area contributed by atoms with E-state index in [0.29, 0.717) is 22.1 Å². The standard InChI is InChI=1S/C18H19ClN2O4S/c1-26(23,24)21(14-8-9-14)17-5-3-2-4-16(17)20-18(22)12-25-15-10-6-13(19)7-11-15/h2-7,10-11,14H,8-9,12H2,1H3,(H,20,22). The van der Waals surface area contributed by atoms with Crippen LogP contribution in [0.4, 0.5) is 11.4 Å². The van der Waals surface area contributed by atoms with Gasteiger partial charge >= 0.3 is 0 Å². The zero-order valence-electron chi connectivity index (χ0n) is 14.2. The number of sulfonamides is 1. The van der Waals surface area contributed by atoms with Crippen LogP contribution in [-0.2, 0) is 14.8 Å². The zero-order valence-corrected chi connectivity index (χ0v) is 15.8. The number of para-hydroxylation sites is 2. The van der Waals surface area contributed by atoms with Gasteiger partial charge in [0.2, 0.25) is 10.0 Å². The van der Waals surface area contributed by atoms with Crippen molar-refractivity contribution in [2.75, 3.05) is 22.5 Å². The van der Waals surface area contributed by atoms with Gasteiger partial charge in [0.15, 0.2) is 6.61 Å². The van der Waals surface area contributed by atoms with Gasteiger partial charge in [-0.05, 0) is 49.2 Å². The first-order valence-electron chi connectivity index (χ1n) is 8.11. The van der Waals surface area contributed by atoms with Crippen molar-refractivity contribution in [3.05, 3.63) is 53.6 Å². The van der Waals surface area contributed by atoms with Crippen LogP contribution in [0.2, 0.25) is 5.02 Å². The molecule has 0 atom stereocenters. The van der Waals surface area contributed by atoms with Crippen LogP contribution < -0.4 is 14.4 Å². The predicted molar refractivity (Wildman–Crippen MR) is 102 cm³/mol. The average molecular weight is 395 g/mol. The molecule has 0 aromatic heterocycles. The van der Waals surface area contributed by atoms with Gasteiger partial charge in [-0.1, -0.05) is 23.7 Å². The van der Waals surface area contributed by atoms with E-state index in [1.807, 2.05) is 0 Å². The molecule has 1 aliphatic carbocycles. The summed E-state index contributed by atoms with van der Waals surface area (Å²) in [7, 11) is -3.43. The molecule has 3 rings (SSSR count). The van der Waals surface area contributed by atoms with Gasteiger partial charge in [-0.2, -0.15) is 0 Å². The number of rotatable bonds is 7. The quantitative estimate of drug-likeness (QED) is 0.781. The number of carbonyl (C=O) groups excluding carboxylic acids is 1. The third-order valence-corrected chi connectivity index (χ3v) is 5.30. The maximum Gasteiger partial charge on any atom is 0.262 e. The molecule has 0 unspecified atom stereocenters. The zero-order chi connectivity index (χ0) is 18.7. The van der Waals surface area contributed by atoms with E-state index in [9.17, 15) is 13.2 Å². The third kappa shape index (κ3) is 4.68. The van der Waals surface area contributed by atoms with Crippen LogP contribution in [0.15, 0.2) is 48.5 Å². The molecule has 2 aromatic carbocycles. The van der Waals surface area contributed by atoms with Crippen LogP contribution in [0, 0.1) is 0 Å². The summed E-state index contributed by atoms with van der Waals surface area (Å²) in [6.45, 7) is -0.196. The highest BCUT2D eigenvalue weighted by atomic mass is 35.5. The molecule has 138 valence electrons. The lowest BCUT2D eigenvalue weighted by Gasteiger charge is -2.24. The molecule has 0 aliphatic heterocycles. The van der Waals surface area contributed by atoms with Crippen LogP contribution in [0.25, 0.3) is 0 Å². The second-order valence-electron chi connectivity index (χ2n) is 6.10. The Hall–Kier alpha value is -2.25. The molecule has 1 amide bonds. The molecule has 26 heavy (non-hydrogen) atoms. The second kappa shape index (κ2) is 7.55. The fourth-order valence-electron chi connectivity index (χ4n) is 2.59. The minimum Gasteiger partial charge on any atom is -0.484 e. The van der Waals surface area contributed by atoms with Crippen molar-refractivity contribution in [2.45, 2.75) is 18.9 Å². The fraction of sp³-hybridized carbons (Fsp3) is 0.278. The highest BCUT2D eigenvalue weighted by Crippen LogP contribution is 2.37. The summed E-state index contributed by atoms with van der Waals surface area (Å²) in [4.78, 5) is 12.2. The molecule has 0 bridgehead atoms. The maximum absolute atomic E-state index is 12.2. The van der Waals surface area contributed by atoms with E-state index in [4.69, 9.17) is 16.3 Å². The number of carbonyl (C=O) groups is 1. The van der Waals surface area contributed by atoms with Crippen molar-refractivity contribution in [1.29, 1.82) is 0 Å². The average Bonchev–Trinajstić information content (AvgIpc) is 3.40. The SMILES string of the molecule is CS(=O)(=O)N(c1ccccc1NC(=O)COc1ccc(Cl)cc1)C1CC1. The number of halogens is 1. The van der Waals surface area contributed by atoms with Crippen molar-refractivity contribution in [1.82, 2.24) is 0 Å². The molecule has 6 nitrogen and oxygen atoms in total. The van der Waals surface area contributed by atoms with Gasteiger partial charge in [0.05, 0.1) is 17.6 Å². The van der Waals surface area contributed by atoms with Crippen LogP contribution >= 0.6 is 11.6 Å². The van der Waals surface area contributed by atoms with Crippen molar-refractivity contribution in [3.8, 4) is 5.75 Å². The summed E-state index contributed by atoms with van der Waals surface area (Å²) in [5.74, 6) is 0.144. The molecule has 0 radical (unpaired) electrons. The van der Waals surface area contributed by atoms with Crippen LogP contribution in [0.5, 0.6) is 5.75 Å². The number of nitrogens with zero attached hydrogens (tertiary/aromatic N) is 1. The van der Waals surface area contributed by atoms with Crippen molar-refractivity contribution < 1.29 is 17.9 Å². The molecule has 1 saturated carbocycles. The van der Waals surface area contributed by atoms with Gasteiger partial charge in [-0.25, -0.2) is 8.42 Å². The summed E-state index contributed by atoms with van der Waals surface area (Å²) < 4.78 is 31.1. The Morgan fingerprint density at radius 3 is 2.46 bits per heavy atom. The summed E-state index contributed by atoms with van der Waals surface area (Å²) in [5.41, 5.74) is 0.909.